The third-order valence-electron chi connectivity index (χ3n) is 2.27. The largest absolute Gasteiger partial charge is 0.399 e. The van der Waals surface area contributed by atoms with Crippen molar-refractivity contribution in [2.75, 3.05) is 5.73 Å². The number of rotatable bonds is 3. The molecule has 1 atom stereocenters. The van der Waals surface area contributed by atoms with Gasteiger partial charge in [0, 0.05) is 16.4 Å². The normalized spacial score (nSPS) is 12.3. The summed E-state index contributed by atoms with van der Waals surface area (Å²) < 4.78 is 13.1. The van der Waals surface area contributed by atoms with Gasteiger partial charge in [0.1, 0.15) is 0 Å². The van der Waals surface area contributed by atoms with E-state index in [2.05, 4.69) is 20.9 Å². The minimum Gasteiger partial charge on any atom is -0.399 e. The molecule has 2 rings (SSSR count). The number of hydrogen-bond donors (Lipinski definition) is 1. The van der Waals surface area contributed by atoms with Crippen LogP contribution in [0.3, 0.4) is 0 Å². The first-order chi connectivity index (χ1) is 8.56. The van der Waals surface area contributed by atoms with Crippen molar-refractivity contribution >= 4 is 44.0 Å². The molecule has 0 fully saturated rings. The van der Waals surface area contributed by atoms with Crippen LogP contribution in [0.4, 0.5) is 5.69 Å². The van der Waals surface area contributed by atoms with Crippen molar-refractivity contribution in [1.82, 2.24) is 4.98 Å². The van der Waals surface area contributed by atoms with Crippen molar-refractivity contribution in [3.05, 3.63) is 51.7 Å². The molecule has 0 saturated carbocycles. The van der Waals surface area contributed by atoms with Gasteiger partial charge in [-0.25, -0.2) is 0 Å². The van der Waals surface area contributed by atoms with E-state index >= 15 is 0 Å². The summed E-state index contributed by atoms with van der Waals surface area (Å²) >= 11 is 9.31. The Hall–Kier alpha value is -0.910. The van der Waals surface area contributed by atoms with E-state index in [9.17, 15) is 4.21 Å². The Morgan fingerprint density at radius 3 is 2.78 bits per heavy atom. The van der Waals surface area contributed by atoms with E-state index in [0.717, 1.165) is 10.2 Å². The molecule has 0 aliphatic carbocycles. The third kappa shape index (κ3) is 3.31. The lowest BCUT2D eigenvalue weighted by molar-refractivity contribution is 0.682. The van der Waals surface area contributed by atoms with Gasteiger partial charge in [0.2, 0.25) is 0 Å². The molecule has 0 aliphatic heterocycles. The topological polar surface area (TPSA) is 56.0 Å². The molecule has 1 aromatic heterocycles. The van der Waals surface area contributed by atoms with Crippen LogP contribution in [0, 0.1) is 0 Å². The third-order valence-corrected chi connectivity index (χ3v) is 4.57. The summed E-state index contributed by atoms with van der Waals surface area (Å²) in [6.45, 7) is 0. The summed E-state index contributed by atoms with van der Waals surface area (Å²) in [5, 5.41) is 0.458. The highest BCUT2D eigenvalue weighted by Gasteiger charge is 2.10. The first-order valence-electron chi connectivity index (χ1n) is 5.10. The molecule has 18 heavy (non-hydrogen) atoms. The second-order valence-electron chi connectivity index (χ2n) is 3.65. The summed E-state index contributed by atoms with van der Waals surface area (Å²) in [7, 11) is -1.25. The average molecular weight is 346 g/mol. The fraction of sp³-hybridized carbons (Fsp3) is 0.0833. The van der Waals surface area contributed by atoms with Crippen molar-refractivity contribution in [2.24, 2.45) is 0 Å². The highest BCUT2D eigenvalue weighted by molar-refractivity contribution is 9.10. The van der Waals surface area contributed by atoms with Gasteiger partial charge < -0.3 is 5.73 Å². The van der Waals surface area contributed by atoms with Gasteiger partial charge in [0.25, 0.3) is 0 Å². The second kappa shape index (κ2) is 5.82. The first-order valence-corrected chi connectivity index (χ1v) is 7.59. The lowest BCUT2D eigenvalue weighted by Gasteiger charge is -2.05. The summed E-state index contributed by atoms with van der Waals surface area (Å²) in [5.41, 5.74) is 6.96. The molecule has 1 unspecified atom stereocenters. The zero-order valence-corrected chi connectivity index (χ0v) is 12.4. The summed E-state index contributed by atoms with van der Waals surface area (Å²) in [4.78, 5) is 4.72. The number of nitrogens with zero attached hydrogens (tertiary/aromatic N) is 1. The molecule has 0 radical (unpaired) electrons. The van der Waals surface area contributed by atoms with Crippen molar-refractivity contribution < 1.29 is 4.21 Å². The Balaban J connectivity index is 2.21. The van der Waals surface area contributed by atoms with Crippen molar-refractivity contribution in [2.45, 2.75) is 10.6 Å². The smallest absolute Gasteiger partial charge is 0.0706 e. The highest BCUT2D eigenvalue weighted by Crippen LogP contribution is 2.24. The quantitative estimate of drug-likeness (QED) is 0.868. The zero-order chi connectivity index (χ0) is 13.1. The standard InChI is InChI=1S/C12H10BrClN2OS/c13-8-1-3-10(16-6-8)7-18(17)12-5-9(15)2-4-11(12)14/h1-6H,7,15H2. The van der Waals surface area contributed by atoms with Crippen LogP contribution in [0.5, 0.6) is 0 Å². The van der Waals surface area contributed by atoms with Crippen LogP contribution in [0.2, 0.25) is 5.02 Å². The number of pyridine rings is 1. The summed E-state index contributed by atoms with van der Waals surface area (Å²) in [6.07, 6.45) is 1.67. The van der Waals surface area contributed by atoms with E-state index < -0.39 is 10.8 Å². The van der Waals surface area contributed by atoms with Gasteiger partial charge in [-0.2, -0.15) is 0 Å². The zero-order valence-electron chi connectivity index (χ0n) is 9.27. The minimum absolute atomic E-state index is 0.316. The first kappa shape index (κ1) is 13.5. The van der Waals surface area contributed by atoms with E-state index in [4.69, 9.17) is 17.3 Å². The van der Waals surface area contributed by atoms with Gasteiger partial charge in [0.05, 0.1) is 32.2 Å². The number of nitrogen functional groups attached to an aromatic ring is 1. The summed E-state index contributed by atoms with van der Waals surface area (Å²) in [5.74, 6) is 0.316. The monoisotopic (exact) mass is 344 g/mol. The molecule has 0 saturated heterocycles. The van der Waals surface area contributed by atoms with Gasteiger partial charge in [-0.3, -0.25) is 9.19 Å². The second-order valence-corrected chi connectivity index (χ2v) is 6.39. The van der Waals surface area contributed by atoms with Crippen molar-refractivity contribution in [1.29, 1.82) is 0 Å². The molecule has 2 N–H and O–H groups in total. The van der Waals surface area contributed by atoms with Crippen molar-refractivity contribution in [3.63, 3.8) is 0 Å². The highest BCUT2D eigenvalue weighted by atomic mass is 79.9. The molecule has 0 bridgehead atoms. The van der Waals surface area contributed by atoms with Crippen LogP contribution in [0.15, 0.2) is 45.9 Å². The lowest BCUT2D eigenvalue weighted by Crippen LogP contribution is -2.00. The Bertz CT molecular complexity index is 589. The molecular formula is C12H10BrClN2OS. The number of anilines is 1. The van der Waals surface area contributed by atoms with Crippen LogP contribution in [-0.4, -0.2) is 9.19 Å². The fourth-order valence-corrected chi connectivity index (χ4v) is 3.16. The van der Waals surface area contributed by atoms with E-state index in [1.54, 1.807) is 24.4 Å². The molecule has 0 aliphatic rings. The van der Waals surface area contributed by atoms with Gasteiger partial charge >= 0.3 is 0 Å². The molecular weight excluding hydrogens is 336 g/mol. The van der Waals surface area contributed by atoms with E-state index in [1.807, 2.05) is 12.1 Å². The number of halogens is 2. The van der Waals surface area contributed by atoms with Crippen LogP contribution < -0.4 is 5.73 Å². The maximum absolute atomic E-state index is 12.2. The maximum Gasteiger partial charge on any atom is 0.0706 e. The van der Waals surface area contributed by atoms with Gasteiger partial charge in [0.15, 0.2) is 0 Å². The van der Waals surface area contributed by atoms with Crippen LogP contribution in [0.1, 0.15) is 5.69 Å². The molecule has 2 aromatic rings. The molecule has 1 heterocycles. The van der Waals surface area contributed by atoms with Gasteiger partial charge in [-0.05, 0) is 46.3 Å². The minimum atomic E-state index is -1.25. The van der Waals surface area contributed by atoms with Crippen LogP contribution >= 0.6 is 27.5 Å². The predicted molar refractivity (Wildman–Crippen MR) is 77.9 cm³/mol. The van der Waals surface area contributed by atoms with E-state index in [-0.39, 0.29) is 0 Å². The number of nitrogens with two attached hydrogens (primary N) is 1. The van der Waals surface area contributed by atoms with Crippen LogP contribution in [-0.2, 0) is 16.6 Å². The van der Waals surface area contributed by atoms with Crippen LogP contribution in [0.25, 0.3) is 0 Å². The van der Waals surface area contributed by atoms with Crippen molar-refractivity contribution in [3.8, 4) is 0 Å². The Morgan fingerprint density at radius 2 is 2.11 bits per heavy atom. The number of benzene rings is 1. The molecule has 0 spiro atoms. The molecule has 94 valence electrons. The Labute approximate surface area is 121 Å². The van der Waals surface area contributed by atoms with Gasteiger partial charge in [-0.1, -0.05) is 11.6 Å². The lowest BCUT2D eigenvalue weighted by atomic mass is 10.3. The average Bonchev–Trinajstić information content (AvgIpc) is 2.35. The number of hydrogen-bond acceptors (Lipinski definition) is 3. The molecule has 0 amide bonds. The maximum atomic E-state index is 12.2. The molecule has 1 aromatic carbocycles. The number of aromatic nitrogens is 1. The SMILES string of the molecule is Nc1ccc(Cl)c(S(=O)Cc2ccc(Br)cn2)c1. The Morgan fingerprint density at radius 1 is 1.33 bits per heavy atom. The van der Waals surface area contributed by atoms with E-state index in [1.165, 1.54) is 0 Å². The molecule has 6 heteroatoms. The molecule has 3 nitrogen and oxygen atoms in total. The predicted octanol–water partition coefficient (Wildman–Crippen LogP) is 3.39. The summed E-state index contributed by atoms with van der Waals surface area (Å²) in [6, 6.07) is 8.65. The Kier molecular flexibility index (Phi) is 4.37. The van der Waals surface area contributed by atoms with Gasteiger partial charge in [-0.15, -0.1) is 0 Å². The van der Waals surface area contributed by atoms with E-state index in [0.29, 0.717) is 21.4 Å². The fourth-order valence-electron chi connectivity index (χ4n) is 1.40.